The zero-order chi connectivity index (χ0) is 23.4. The normalized spacial score (nSPS) is 19.9. The number of hydrogen-bond donors (Lipinski definition) is 4. The van der Waals surface area contributed by atoms with Crippen molar-refractivity contribution in [2.45, 2.75) is 56.1 Å². The lowest BCUT2D eigenvalue weighted by Gasteiger charge is -2.34. The molecule has 0 bridgehead atoms. The molecule has 0 spiro atoms. The highest BCUT2D eigenvalue weighted by Gasteiger charge is 2.51. The van der Waals surface area contributed by atoms with Gasteiger partial charge in [0, 0.05) is 6.04 Å². The molecule has 8 heteroatoms. The Kier molecular flexibility index (Phi) is 7.03. The van der Waals surface area contributed by atoms with Crippen LogP contribution in [0.15, 0.2) is 53.5 Å². The topological polar surface area (TPSA) is 104 Å². The Hall–Kier alpha value is -2.86. The molecule has 0 aromatic heterocycles. The Balaban J connectivity index is 1.49. The van der Waals surface area contributed by atoms with E-state index in [1.54, 1.807) is 12.1 Å². The number of fused-ring (bicyclic) bond motifs is 1. The first-order chi connectivity index (χ1) is 15.9. The van der Waals surface area contributed by atoms with Crippen LogP contribution >= 0.6 is 0 Å². The Morgan fingerprint density at radius 2 is 1.88 bits per heavy atom. The van der Waals surface area contributed by atoms with Crippen molar-refractivity contribution in [3.63, 3.8) is 0 Å². The number of guanidine groups is 1. The summed E-state index contributed by atoms with van der Waals surface area (Å²) in [7, 11) is 2.69. The zero-order valence-electron chi connectivity index (χ0n) is 19.3. The number of aliphatic imine (C=N–C) groups is 1. The molecule has 0 radical (unpaired) electrons. The summed E-state index contributed by atoms with van der Waals surface area (Å²) in [6.45, 7) is 0. The van der Waals surface area contributed by atoms with Gasteiger partial charge < -0.3 is 20.3 Å². The smallest absolute Gasteiger partial charge is 0.423 e. The molecule has 33 heavy (non-hydrogen) atoms. The maximum absolute atomic E-state index is 9.36. The predicted molar refractivity (Wildman–Crippen MR) is 131 cm³/mol. The van der Waals surface area contributed by atoms with Crippen molar-refractivity contribution in [1.82, 2.24) is 15.5 Å². The summed E-state index contributed by atoms with van der Waals surface area (Å²) < 4.78 is 0. The second-order valence-electron chi connectivity index (χ2n) is 9.46. The van der Waals surface area contributed by atoms with Crippen LogP contribution in [0.25, 0.3) is 0 Å². The van der Waals surface area contributed by atoms with Gasteiger partial charge in [0.1, 0.15) is 0 Å². The number of aryl methyl sites for hydroxylation is 1. The first kappa shape index (κ1) is 23.3. The van der Waals surface area contributed by atoms with Crippen LogP contribution in [0.3, 0.4) is 0 Å². The summed E-state index contributed by atoms with van der Waals surface area (Å²) in [6, 6.07) is 16.3. The molecule has 2 unspecified atom stereocenters. The van der Waals surface area contributed by atoms with Crippen molar-refractivity contribution >= 4 is 18.5 Å². The number of hydrogen-bond acceptors (Lipinski definition) is 5. The monoisotopic (exact) mass is 445 g/mol. The molecule has 1 saturated carbocycles. The third kappa shape index (κ3) is 5.56. The molecule has 4 N–H and O–H groups in total. The highest BCUT2D eigenvalue weighted by Crippen LogP contribution is 2.41. The van der Waals surface area contributed by atoms with Crippen LogP contribution in [-0.2, 0) is 19.3 Å². The summed E-state index contributed by atoms with van der Waals surface area (Å²) in [5.74, 6) is 0.560. The summed E-state index contributed by atoms with van der Waals surface area (Å²) >= 11 is 0. The average Bonchev–Trinajstić information content (AvgIpc) is 3.57. The van der Waals surface area contributed by atoms with Crippen molar-refractivity contribution in [3.05, 3.63) is 65.2 Å². The fourth-order valence-corrected chi connectivity index (χ4v) is 4.95. The number of benzene rings is 2. The molecule has 172 valence electrons. The second-order valence-corrected chi connectivity index (χ2v) is 9.46. The molecule has 2 aliphatic rings. The van der Waals surface area contributed by atoms with Crippen LogP contribution in [0, 0.1) is 11.5 Å². The van der Waals surface area contributed by atoms with Gasteiger partial charge >= 0.3 is 7.12 Å². The summed E-state index contributed by atoms with van der Waals surface area (Å²) in [5.41, 5.74) is 4.20. The maximum atomic E-state index is 9.36. The zero-order valence-corrected chi connectivity index (χ0v) is 19.3. The molecule has 0 aliphatic heterocycles. The van der Waals surface area contributed by atoms with Crippen LogP contribution in [0.1, 0.15) is 36.0 Å². The molecule has 4 rings (SSSR count). The first-order valence-corrected chi connectivity index (χ1v) is 11.6. The van der Waals surface area contributed by atoms with Gasteiger partial charge in [0.15, 0.2) is 6.19 Å². The van der Waals surface area contributed by atoms with Crippen molar-refractivity contribution in [3.8, 4) is 6.19 Å². The highest BCUT2D eigenvalue weighted by atomic mass is 16.4. The number of rotatable bonds is 7. The van der Waals surface area contributed by atoms with E-state index in [0.717, 1.165) is 44.1 Å². The van der Waals surface area contributed by atoms with Crippen LogP contribution in [-0.4, -0.2) is 59.7 Å². The van der Waals surface area contributed by atoms with Crippen molar-refractivity contribution in [1.29, 1.82) is 5.26 Å². The molecule has 0 heterocycles. The van der Waals surface area contributed by atoms with Gasteiger partial charge in [-0.15, -0.1) is 0 Å². The molecule has 2 aliphatic carbocycles. The van der Waals surface area contributed by atoms with E-state index in [1.165, 1.54) is 11.1 Å². The quantitative estimate of drug-likeness (QED) is 0.166. The lowest BCUT2D eigenvalue weighted by molar-refractivity contribution is 0.226. The van der Waals surface area contributed by atoms with Crippen LogP contribution in [0.4, 0.5) is 0 Å². The molecule has 1 fully saturated rings. The average molecular weight is 445 g/mol. The van der Waals surface area contributed by atoms with Gasteiger partial charge in [-0.3, -0.25) is 5.32 Å². The van der Waals surface area contributed by atoms with Crippen molar-refractivity contribution < 1.29 is 10.0 Å². The Labute approximate surface area is 196 Å². The van der Waals surface area contributed by atoms with Crippen LogP contribution in [0.2, 0.25) is 0 Å². The first-order valence-electron chi connectivity index (χ1n) is 11.6. The van der Waals surface area contributed by atoms with Gasteiger partial charge in [-0.25, -0.2) is 4.99 Å². The van der Waals surface area contributed by atoms with E-state index in [2.05, 4.69) is 60.1 Å². The fraction of sp³-hybridized carbons (Fsp3) is 0.440. The van der Waals surface area contributed by atoms with Gasteiger partial charge in [0.05, 0.1) is 11.6 Å². The molecular formula is C25H32BN5O2. The summed E-state index contributed by atoms with van der Waals surface area (Å²) in [6.07, 6.45) is 7.74. The van der Waals surface area contributed by atoms with E-state index in [9.17, 15) is 15.3 Å². The van der Waals surface area contributed by atoms with Crippen molar-refractivity contribution in [2.24, 2.45) is 4.99 Å². The SMILES string of the molecule is CN(C)C(Cc1ccc(B(O)O)cc1)C1(NC(=NC2CCc3ccccc3C2)NC#N)CC1. The lowest BCUT2D eigenvalue weighted by atomic mass is 9.79. The summed E-state index contributed by atoms with van der Waals surface area (Å²) in [4.78, 5) is 7.14. The van der Waals surface area contributed by atoms with E-state index in [-0.39, 0.29) is 17.6 Å². The van der Waals surface area contributed by atoms with Gasteiger partial charge in [-0.2, -0.15) is 5.26 Å². The lowest BCUT2D eigenvalue weighted by Crippen LogP contribution is -2.55. The van der Waals surface area contributed by atoms with E-state index in [4.69, 9.17) is 4.99 Å². The van der Waals surface area contributed by atoms with E-state index in [1.807, 2.05) is 12.1 Å². The largest absolute Gasteiger partial charge is 0.488 e. The number of nitriles is 1. The van der Waals surface area contributed by atoms with Gasteiger partial charge in [-0.05, 0) is 74.8 Å². The van der Waals surface area contributed by atoms with Gasteiger partial charge in [-0.1, -0.05) is 48.5 Å². The molecule has 7 nitrogen and oxygen atoms in total. The maximum Gasteiger partial charge on any atom is 0.488 e. The van der Waals surface area contributed by atoms with E-state index < -0.39 is 7.12 Å². The number of nitrogens with one attached hydrogen (secondary N) is 2. The molecule has 2 atom stereocenters. The number of nitrogens with zero attached hydrogens (tertiary/aromatic N) is 3. The Morgan fingerprint density at radius 3 is 2.48 bits per heavy atom. The highest BCUT2D eigenvalue weighted by molar-refractivity contribution is 6.58. The van der Waals surface area contributed by atoms with Crippen LogP contribution in [0.5, 0.6) is 0 Å². The van der Waals surface area contributed by atoms with Gasteiger partial charge in [0.25, 0.3) is 0 Å². The van der Waals surface area contributed by atoms with E-state index in [0.29, 0.717) is 11.4 Å². The Bertz CT molecular complexity index is 1030. The third-order valence-corrected chi connectivity index (χ3v) is 6.93. The van der Waals surface area contributed by atoms with Gasteiger partial charge in [0.2, 0.25) is 5.96 Å². The molecule has 0 amide bonds. The second kappa shape index (κ2) is 9.96. The van der Waals surface area contributed by atoms with Crippen LogP contribution < -0.4 is 16.1 Å². The number of likely N-dealkylation sites (N-methyl/N-ethyl adjacent to an activating group) is 1. The predicted octanol–water partition coefficient (Wildman–Crippen LogP) is 0.945. The minimum absolute atomic E-state index is 0.148. The third-order valence-electron chi connectivity index (χ3n) is 6.93. The minimum atomic E-state index is -1.46. The molecule has 2 aromatic carbocycles. The fourth-order valence-electron chi connectivity index (χ4n) is 4.95. The molecule has 2 aromatic rings. The minimum Gasteiger partial charge on any atom is -0.423 e. The van der Waals surface area contributed by atoms with E-state index >= 15 is 0 Å². The summed E-state index contributed by atoms with van der Waals surface area (Å²) in [5, 5.41) is 34.5. The Morgan fingerprint density at radius 1 is 1.18 bits per heavy atom. The van der Waals surface area contributed by atoms with Crippen molar-refractivity contribution in [2.75, 3.05) is 14.1 Å². The molecular weight excluding hydrogens is 413 g/mol. The molecule has 0 saturated heterocycles. The standard InChI is InChI=1S/C25H32BN5O2/c1-31(2)23(15-18-7-10-21(11-8-18)26(32)33)25(13-14-25)30-24(28-17-27)29-22-12-9-19-5-3-4-6-20(19)16-22/h3-8,10-11,22-23,32-33H,9,12-16H2,1-2H3,(H2,28,29,30).